The van der Waals surface area contributed by atoms with Crippen LogP contribution in [0, 0.1) is 0 Å². The number of hydrogen-bond acceptors (Lipinski definition) is 6. The van der Waals surface area contributed by atoms with Gasteiger partial charge in [-0.25, -0.2) is 29.9 Å². The van der Waals surface area contributed by atoms with E-state index in [-0.39, 0.29) is 17.1 Å². The monoisotopic (exact) mass is 1030 g/mol. The number of H-pyrrole nitrogens is 2. The van der Waals surface area contributed by atoms with Crippen molar-refractivity contribution in [3.63, 3.8) is 0 Å². The molecule has 73 heavy (non-hydrogen) atoms. The number of aromatic amines is 2. The first-order chi connectivity index (χ1) is 35.4. The number of hydrogen-bond donors (Lipinski definition) is 2. The van der Waals surface area contributed by atoms with Gasteiger partial charge in [-0.15, -0.1) is 0 Å². The Bertz CT molecular complexity index is 3210. The molecule has 8 bridgehead atoms. The summed E-state index contributed by atoms with van der Waals surface area (Å²) in [6, 6.07) is 17.0. The summed E-state index contributed by atoms with van der Waals surface area (Å²) in [6.07, 6.45) is 26.5. The fourth-order valence-electron chi connectivity index (χ4n) is 11.9. The normalized spacial score (nSPS) is 11.9. The SMILES string of the molecule is CCCCc1c(CCCC)c(CCCC)c2c(c1CCCC)-c1nc-2nc2[nH]c(nc3nc(nc4[nH]c(n1)c1ccccc41)-c1ccccc1-3)c1c(CCCC)c(CCCC)c(CCCC)c(CCCC)c21.[Cu]. The van der Waals surface area contributed by atoms with Gasteiger partial charge in [-0.2, -0.15) is 0 Å². The number of benzene rings is 4. The van der Waals surface area contributed by atoms with Gasteiger partial charge < -0.3 is 9.97 Å². The summed E-state index contributed by atoms with van der Waals surface area (Å²) in [5.41, 5.74) is 19.7. The van der Waals surface area contributed by atoms with E-state index in [1.54, 1.807) is 22.3 Å². The van der Waals surface area contributed by atoms with Crippen LogP contribution in [0.3, 0.4) is 0 Å². The number of aryl methyl sites for hydroxylation is 2. The molecule has 0 saturated heterocycles. The van der Waals surface area contributed by atoms with Gasteiger partial charge in [0.2, 0.25) is 0 Å². The first-order valence-corrected chi connectivity index (χ1v) is 28.8. The van der Waals surface area contributed by atoms with E-state index in [0.29, 0.717) is 11.6 Å². The Kier molecular flexibility index (Phi) is 18.7. The predicted molar refractivity (Wildman–Crippen MR) is 305 cm³/mol. The van der Waals surface area contributed by atoms with Crippen LogP contribution in [0.4, 0.5) is 0 Å². The van der Waals surface area contributed by atoms with Gasteiger partial charge in [-0.05, 0) is 147 Å². The molecule has 0 aliphatic carbocycles. The third-order valence-electron chi connectivity index (χ3n) is 15.7. The van der Waals surface area contributed by atoms with Crippen LogP contribution >= 0.6 is 0 Å². The first-order valence-electron chi connectivity index (χ1n) is 28.8. The van der Waals surface area contributed by atoms with Gasteiger partial charge in [0.25, 0.3) is 0 Å². The van der Waals surface area contributed by atoms with E-state index in [1.165, 1.54) is 44.2 Å². The van der Waals surface area contributed by atoms with Crippen molar-refractivity contribution in [2.24, 2.45) is 0 Å². The average molecular weight is 1030 g/mol. The van der Waals surface area contributed by atoms with Gasteiger partial charge in [-0.3, -0.25) is 0 Å². The van der Waals surface area contributed by atoms with Crippen LogP contribution < -0.4 is 0 Å². The molecule has 0 atom stereocenters. The van der Waals surface area contributed by atoms with Crippen LogP contribution in [0.1, 0.15) is 203 Å². The summed E-state index contributed by atoms with van der Waals surface area (Å²) in [5, 5.41) is 4.49. The molecule has 0 unspecified atom stereocenters. The molecule has 389 valence electrons. The molecule has 0 amide bonds. The van der Waals surface area contributed by atoms with Gasteiger partial charge in [-0.1, -0.05) is 155 Å². The number of unbranched alkanes of at least 4 members (excludes halogenated alkanes) is 8. The Hall–Kier alpha value is -5.24. The molecule has 9 rings (SSSR count). The van der Waals surface area contributed by atoms with Gasteiger partial charge in [0, 0.05) is 60.9 Å². The predicted octanol–water partition coefficient (Wildman–Crippen LogP) is 17.6. The maximum atomic E-state index is 6.02. The molecule has 0 spiro atoms. The molecule has 3 aromatic heterocycles. The second-order valence-electron chi connectivity index (χ2n) is 20.9. The van der Waals surface area contributed by atoms with E-state index in [9.17, 15) is 0 Å². The molecule has 9 heteroatoms. The largest absolute Gasteiger partial charge is 0.324 e. The second-order valence-corrected chi connectivity index (χ2v) is 20.9. The zero-order valence-electron chi connectivity index (χ0n) is 45.6. The first kappa shape index (κ1) is 54.0. The molecule has 1 radical (unpaired) electrons. The molecular weight excluding hydrogens is 944 g/mol. The number of rotatable bonds is 24. The zero-order valence-corrected chi connectivity index (χ0v) is 46.5. The Labute approximate surface area is 446 Å². The molecule has 4 aromatic carbocycles. The van der Waals surface area contributed by atoms with Crippen LogP contribution in [0.25, 0.3) is 89.7 Å². The fraction of sp³-hybridized carbons (Fsp3) is 0.500. The number of fused-ring (bicyclic) bond motifs is 20. The molecule has 8 nitrogen and oxygen atoms in total. The van der Waals surface area contributed by atoms with Crippen LogP contribution in [-0.2, 0) is 68.4 Å². The fourth-order valence-corrected chi connectivity index (χ4v) is 11.9. The Morgan fingerprint density at radius 1 is 0.301 bits per heavy atom. The summed E-state index contributed by atoms with van der Waals surface area (Å²) >= 11 is 0. The quantitative estimate of drug-likeness (QED) is 0.0584. The molecule has 2 N–H and O–H groups in total. The zero-order chi connectivity index (χ0) is 50.1. The molecule has 7 aromatic rings. The standard InChI is InChI=1S/C64H82N8.Cu/c1-9-17-29-41-43(31-19-11-3)47(35-23-15-7)55-53(45(41)33-21-13-5)61-68-59-51-39-27-25-37-49(51)57(66-59)65-58-50-38-26-28-40-52(50)60(67-58)69-62-54-46(34-22-14-6)42(30-18-10-2)44(32-20-12-4)48(36-24-16-8)56(54)64(71-62)72-63(55)70-61;/h25-28,37-40H,9-24,29-36H2,1-8H3,(H2,65,66,67,68,69,70,71,72);. The van der Waals surface area contributed by atoms with Gasteiger partial charge in [0.15, 0.2) is 23.3 Å². The molecule has 0 fully saturated rings. The Balaban J connectivity index is 0.00000711. The van der Waals surface area contributed by atoms with Crippen LogP contribution in [0.2, 0.25) is 0 Å². The molecule has 2 aliphatic heterocycles. The van der Waals surface area contributed by atoms with Crippen molar-refractivity contribution in [2.45, 2.75) is 209 Å². The van der Waals surface area contributed by atoms with Crippen LogP contribution in [-0.4, -0.2) is 39.9 Å². The van der Waals surface area contributed by atoms with Crippen molar-refractivity contribution < 1.29 is 17.1 Å². The Morgan fingerprint density at radius 3 is 0.959 bits per heavy atom. The summed E-state index contributed by atoms with van der Waals surface area (Å²) in [5.74, 6) is 2.88. The van der Waals surface area contributed by atoms with Crippen molar-refractivity contribution in [1.29, 1.82) is 0 Å². The number of nitrogens with zero attached hydrogens (tertiary/aromatic N) is 6. The molecule has 5 heterocycles. The Morgan fingerprint density at radius 2 is 0.575 bits per heavy atom. The van der Waals surface area contributed by atoms with E-state index >= 15 is 0 Å². The summed E-state index contributed by atoms with van der Waals surface area (Å²) in [7, 11) is 0. The van der Waals surface area contributed by atoms with E-state index in [0.717, 1.165) is 210 Å². The van der Waals surface area contributed by atoms with Crippen molar-refractivity contribution in [2.75, 3.05) is 0 Å². The smallest absolute Gasteiger partial charge is 0.165 e. The van der Waals surface area contributed by atoms with Crippen molar-refractivity contribution in [3.8, 4) is 45.6 Å². The van der Waals surface area contributed by atoms with E-state index in [1.807, 2.05) is 0 Å². The minimum Gasteiger partial charge on any atom is -0.324 e. The topological polar surface area (TPSA) is 109 Å². The third kappa shape index (κ3) is 10.8. The third-order valence-corrected chi connectivity index (χ3v) is 15.7. The van der Waals surface area contributed by atoms with Crippen LogP contribution in [0.5, 0.6) is 0 Å². The van der Waals surface area contributed by atoms with E-state index < -0.39 is 0 Å². The molecule has 0 saturated carbocycles. The summed E-state index contributed by atoms with van der Waals surface area (Å²) in [4.78, 5) is 41.8. The summed E-state index contributed by atoms with van der Waals surface area (Å²) in [6.45, 7) is 18.7. The summed E-state index contributed by atoms with van der Waals surface area (Å²) < 4.78 is 0. The van der Waals surface area contributed by atoms with Crippen molar-refractivity contribution in [1.82, 2.24) is 39.9 Å². The molecular formula is C64H82CuN8. The van der Waals surface area contributed by atoms with E-state index in [4.69, 9.17) is 29.9 Å². The van der Waals surface area contributed by atoms with Crippen molar-refractivity contribution in [3.05, 3.63) is 93.0 Å². The number of aromatic nitrogens is 8. The average Bonchev–Trinajstić information content (AvgIpc) is 4.14. The number of nitrogens with one attached hydrogen (secondary N) is 2. The van der Waals surface area contributed by atoms with Gasteiger partial charge >= 0.3 is 0 Å². The van der Waals surface area contributed by atoms with Crippen LogP contribution in [0.15, 0.2) is 48.5 Å². The van der Waals surface area contributed by atoms with Gasteiger partial charge in [0.05, 0.1) is 0 Å². The van der Waals surface area contributed by atoms with E-state index in [2.05, 4.69) is 114 Å². The molecule has 2 aliphatic rings. The minimum absolute atomic E-state index is 0. The van der Waals surface area contributed by atoms with Gasteiger partial charge in [0.1, 0.15) is 22.6 Å². The maximum Gasteiger partial charge on any atom is 0.165 e. The minimum atomic E-state index is 0. The second kappa shape index (κ2) is 25.3. The maximum absolute atomic E-state index is 6.02. The van der Waals surface area contributed by atoms with Crippen molar-refractivity contribution >= 4 is 44.1 Å².